The van der Waals surface area contributed by atoms with Crippen LogP contribution < -0.4 is 0 Å². The third-order valence-electron chi connectivity index (χ3n) is 2.58. The van der Waals surface area contributed by atoms with E-state index in [0.29, 0.717) is 11.9 Å². The van der Waals surface area contributed by atoms with Crippen LogP contribution in [0.5, 0.6) is 0 Å². The molecule has 3 heteroatoms. The van der Waals surface area contributed by atoms with Gasteiger partial charge in [-0.1, -0.05) is 6.42 Å². The number of thioether (sulfide) groups is 1. The number of hydrogen-bond donors (Lipinski definition) is 0. The minimum Gasteiger partial charge on any atom is -0.342 e. The van der Waals surface area contributed by atoms with Crippen molar-refractivity contribution >= 4 is 17.7 Å². The van der Waals surface area contributed by atoms with Crippen LogP contribution in [0, 0.1) is 0 Å². The van der Waals surface area contributed by atoms with Gasteiger partial charge in [-0.25, -0.2) is 0 Å². The van der Waals surface area contributed by atoms with Crippen LogP contribution in [0.1, 0.15) is 33.1 Å². The van der Waals surface area contributed by atoms with Crippen LogP contribution in [-0.2, 0) is 4.79 Å². The molecule has 0 saturated carbocycles. The van der Waals surface area contributed by atoms with E-state index < -0.39 is 0 Å². The van der Waals surface area contributed by atoms with Gasteiger partial charge in [0.15, 0.2) is 0 Å². The highest BCUT2D eigenvalue weighted by atomic mass is 32.2. The molecule has 0 aromatic heterocycles. The third kappa shape index (κ3) is 2.90. The van der Waals surface area contributed by atoms with E-state index in [4.69, 9.17) is 0 Å². The summed E-state index contributed by atoms with van der Waals surface area (Å²) in [6.45, 7) is 4.12. The average Bonchev–Trinajstić information content (AvgIpc) is 2.17. The largest absolute Gasteiger partial charge is 0.342 e. The van der Waals surface area contributed by atoms with Gasteiger partial charge in [0.1, 0.15) is 0 Å². The highest BCUT2D eigenvalue weighted by molar-refractivity contribution is 8.00. The molecule has 0 aliphatic carbocycles. The van der Waals surface area contributed by atoms with E-state index in [-0.39, 0.29) is 5.25 Å². The van der Waals surface area contributed by atoms with Gasteiger partial charge >= 0.3 is 0 Å². The van der Waals surface area contributed by atoms with Gasteiger partial charge in [-0.3, -0.25) is 4.79 Å². The van der Waals surface area contributed by atoms with Crippen LogP contribution in [0.2, 0.25) is 0 Å². The van der Waals surface area contributed by atoms with Crippen LogP contribution >= 0.6 is 11.8 Å². The zero-order valence-corrected chi connectivity index (χ0v) is 9.56. The van der Waals surface area contributed by atoms with Gasteiger partial charge in [0, 0.05) is 13.1 Å². The van der Waals surface area contributed by atoms with Crippen molar-refractivity contribution in [2.24, 2.45) is 0 Å². The van der Waals surface area contributed by atoms with Crippen molar-refractivity contribution in [2.75, 3.05) is 12.8 Å². The summed E-state index contributed by atoms with van der Waals surface area (Å²) < 4.78 is 0. The second-order valence-corrected chi connectivity index (χ2v) is 5.21. The number of nitrogens with zero attached hydrogens (tertiary/aromatic N) is 1. The minimum atomic E-state index is 0.237. The molecule has 13 heavy (non-hydrogen) atoms. The van der Waals surface area contributed by atoms with Crippen LogP contribution in [0.15, 0.2) is 0 Å². The Labute approximate surface area is 85.1 Å². The Hall–Kier alpha value is -0.180. The number of hydrogen-bond acceptors (Lipinski definition) is 2. The number of carbonyl (C=O) groups excluding carboxylic acids is 1. The number of rotatable bonds is 2. The third-order valence-corrected chi connectivity index (χ3v) is 3.94. The van der Waals surface area contributed by atoms with Crippen LogP contribution in [0.25, 0.3) is 0 Å². The second-order valence-electron chi connectivity index (χ2n) is 3.90. The summed E-state index contributed by atoms with van der Waals surface area (Å²) in [5, 5.41) is 0.237. The highest BCUT2D eigenvalue weighted by Crippen LogP contribution is 2.26. The molecular weight excluding hydrogens is 182 g/mol. The van der Waals surface area contributed by atoms with Crippen molar-refractivity contribution in [3.63, 3.8) is 0 Å². The van der Waals surface area contributed by atoms with Crippen LogP contribution in [0.4, 0.5) is 0 Å². The van der Waals surface area contributed by atoms with E-state index in [2.05, 4.69) is 13.8 Å². The summed E-state index contributed by atoms with van der Waals surface area (Å²) in [7, 11) is 1.90. The molecule has 1 rings (SSSR count). The summed E-state index contributed by atoms with van der Waals surface area (Å²) in [6.07, 6.45) is 3.57. The fourth-order valence-corrected chi connectivity index (χ4v) is 2.71. The first kappa shape index (κ1) is 10.9. The molecule has 0 aromatic carbocycles. The molecule has 0 N–H and O–H groups in total. The molecule has 1 aliphatic rings. The van der Waals surface area contributed by atoms with Gasteiger partial charge in [-0.15, -0.1) is 11.8 Å². The first-order valence-corrected chi connectivity index (χ1v) is 6.06. The van der Waals surface area contributed by atoms with Crippen molar-refractivity contribution in [1.29, 1.82) is 0 Å². The standard InChI is InChI=1S/C10H19NOS/c1-8(2)11(3)10(12)9-6-4-5-7-13-9/h8-9H,4-7H2,1-3H3. The fraction of sp³-hybridized carbons (Fsp3) is 0.900. The SMILES string of the molecule is CC(C)N(C)C(=O)C1CCCCS1. The topological polar surface area (TPSA) is 20.3 Å². The van der Waals surface area contributed by atoms with E-state index in [1.807, 2.05) is 23.7 Å². The van der Waals surface area contributed by atoms with Gasteiger partial charge in [0.05, 0.1) is 5.25 Å². The van der Waals surface area contributed by atoms with Crippen molar-refractivity contribution in [2.45, 2.75) is 44.4 Å². The van der Waals surface area contributed by atoms with Gasteiger partial charge in [0.25, 0.3) is 0 Å². The Balaban J connectivity index is 2.45. The van der Waals surface area contributed by atoms with Crippen molar-refractivity contribution in [3.8, 4) is 0 Å². The molecule has 1 unspecified atom stereocenters. The highest BCUT2D eigenvalue weighted by Gasteiger charge is 2.25. The van der Waals surface area contributed by atoms with Gasteiger partial charge < -0.3 is 4.90 Å². The first-order chi connectivity index (χ1) is 6.13. The van der Waals surface area contributed by atoms with Crippen LogP contribution in [0.3, 0.4) is 0 Å². The van der Waals surface area contributed by atoms with E-state index in [0.717, 1.165) is 12.2 Å². The molecule has 1 aliphatic heterocycles. The molecule has 1 saturated heterocycles. The lowest BCUT2D eigenvalue weighted by molar-refractivity contribution is -0.130. The molecule has 1 heterocycles. The van der Waals surface area contributed by atoms with E-state index in [1.165, 1.54) is 12.8 Å². The number of carbonyl (C=O) groups is 1. The van der Waals surface area contributed by atoms with Crippen molar-refractivity contribution < 1.29 is 4.79 Å². The Bertz CT molecular complexity index is 176. The van der Waals surface area contributed by atoms with E-state index >= 15 is 0 Å². The predicted molar refractivity (Wildman–Crippen MR) is 58.0 cm³/mol. The second kappa shape index (κ2) is 4.89. The van der Waals surface area contributed by atoms with E-state index in [9.17, 15) is 4.79 Å². The average molecular weight is 201 g/mol. The molecule has 1 amide bonds. The van der Waals surface area contributed by atoms with Gasteiger partial charge in [-0.05, 0) is 32.4 Å². The summed E-state index contributed by atoms with van der Waals surface area (Å²) >= 11 is 1.83. The molecule has 0 spiro atoms. The summed E-state index contributed by atoms with van der Waals surface area (Å²) in [5.74, 6) is 1.47. The number of amides is 1. The van der Waals surface area contributed by atoms with E-state index in [1.54, 1.807) is 0 Å². The van der Waals surface area contributed by atoms with Crippen molar-refractivity contribution in [3.05, 3.63) is 0 Å². The molecule has 1 atom stereocenters. The normalized spacial score (nSPS) is 23.2. The van der Waals surface area contributed by atoms with Gasteiger partial charge in [0.2, 0.25) is 5.91 Å². The zero-order valence-electron chi connectivity index (χ0n) is 8.75. The lowest BCUT2D eigenvalue weighted by atomic mass is 10.1. The zero-order chi connectivity index (χ0) is 9.84. The predicted octanol–water partition coefficient (Wildman–Crippen LogP) is 2.14. The molecule has 0 radical (unpaired) electrons. The molecule has 76 valence electrons. The lowest BCUT2D eigenvalue weighted by Gasteiger charge is -2.28. The molecule has 1 fully saturated rings. The fourth-order valence-electron chi connectivity index (χ4n) is 1.42. The molecule has 0 aromatic rings. The maximum Gasteiger partial charge on any atom is 0.235 e. The molecule has 0 bridgehead atoms. The quantitative estimate of drug-likeness (QED) is 0.682. The smallest absolute Gasteiger partial charge is 0.235 e. The maximum absolute atomic E-state index is 11.8. The van der Waals surface area contributed by atoms with Crippen LogP contribution in [-0.4, -0.2) is 34.9 Å². The summed E-state index contributed by atoms with van der Waals surface area (Å²) in [4.78, 5) is 13.7. The summed E-state index contributed by atoms with van der Waals surface area (Å²) in [6, 6.07) is 0.329. The first-order valence-electron chi connectivity index (χ1n) is 5.01. The lowest BCUT2D eigenvalue weighted by Crippen LogP contribution is -2.40. The monoisotopic (exact) mass is 201 g/mol. The minimum absolute atomic E-state index is 0.237. The Morgan fingerprint density at radius 2 is 2.15 bits per heavy atom. The summed E-state index contributed by atoms with van der Waals surface area (Å²) in [5.41, 5.74) is 0. The van der Waals surface area contributed by atoms with Gasteiger partial charge in [-0.2, -0.15) is 0 Å². The maximum atomic E-state index is 11.8. The Morgan fingerprint density at radius 3 is 2.62 bits per heavy atom. The molecular formula is C10H19NOS. The van der Waals surface area contributed by atoms with Crippen molar-refractivity contribution in [1.82, 2.24) is 4.90 Å². The molecule has 2 nitrogen and oxygen atoms in total. The Morgan fingerprint density at radius 1 is 1.46 bits per heavy atom. The Kier molecular flexibility index (Phi) is 4.10.